The minimum Gasteiger partial charge on any atom is -0.416 e. The summed E-state index contributed by atoms with van der Waals surface area (Å²) < 4.78 is 6.91. The van der Waals surface area contributed by atoms with Crippen molar-refractivity contribution >= 4 is 39.2 Å². The highest BCUT2D eigenvalue weighted by Crippen LogP contribution is 2.33. The van der Waals surface area contributed by atoms with Crippen LogP contribution in [0.5, 0.6) is 0 Å². The van der Waals surface area contributed by atoms with Gasteiger partial charge in [0.15, 0.2) is 0 Å². The second-order valence-corrected chi connectivity index (χ2v) is 8.90. The molecular weight excluding hydrogens is 380 g/mol. The van der Waals surface area contributed by atoms with Crippen molar-refractivity contribution in [3.8, 4) is 0 Å². The predicted molar refractivity (Wildman–Crippen MR) is 107 cm³/mol. The summed E-state index contributed by atoms with van der Waals surface area (Å²) in [7, 11) is 1.80. The predicted octanol–water partition coefficient (Wildman–Crippen LogP) is 4.48. The van der Waals surface area contributed by atoms with Gasteiger partial charge in [0.25, 0.3) is 5.22 Å². The van der Waals surface area contributed by atoms with Crippen LogP contribution in [0, 0.1) is 0 Å². The number of amides is 1. The van der Waals surface area contributed by atoms with E-state index >= 15 is 0 Å². The number of nitrogens with zero attached hydrogens (tertiary/aromatic N) is 4. The molecule has 0 atom stereocenters. The summed E-state index contributed by atoms with van der Waals surface area (Å²) >= 11 is 2.93. The third-order valence-electron chi connectivity index (χ3n) is 4.83. The maximum absolute atomic E-state index is 12.4. The Morgan fingerprint density at radius 2 is 2.07 bits per heavy atom. The van der Waals surface area contributed by atoms with E-state index in [0.717, 1.165) is 34.0 Å². The molecule has 0 saturated heterocycles. The van der Waals surface area contributed by atoms with Crippen LogP contribution in [-0.4, -0.2) is 38.8 Å². The number of benzene rings is 1. The van der Waals surface area contributed by atoms with Gasteiger partial charge in [-0.25, -0.2) is 4.98 Å². The molecule has 1 fully saturated rings. The first-order valence-corrected chi connectivity index (χ1v) is 11.0. The zero-order chi connectivity index (χ0) is 18.6. The second-order valence-electron chi connectivity index (χ2n) is 6.85. The van der Waals surface area contributed by atoms with Gasteiger partial charge in [-0.1, -0.05) is 43.2 Å². The Kier molecular flexibility index (Phi) is 5.73. The Morgan fingerprint density at radius 3 is 2.89 bits per heavy atom. The lowest BCUT2D eigenvalue weighted by atomic mass is 9.89. The zero-order valence-corrected chi connectivity index (χ0v) is 16.9. The third-order valence-corrected chi connectivity index (χ3v) is 6.66. The molecule has 1 aliphatic carbocycles. The molecule has 0 aliphatic heterocycles. The Morgan fingerprint density at radius 1 is 1.26 bits per heavy atom. The average molecular weight is 403 g/mol. The van der Waals surface area contributed by atoms with Gasteiger partial charge < -0.3 is 9.32 Å². The molecule has 142 valence electrons. The number of carbonyl (C=O) groups is 1. The van der Waals surface area contributed by atoms with Crippen molar-refractivity contribution in [1.29, 1.82) is 0 Å². The molecule has 1 saturated carbocycles. The molecule has 2 heterocycles. The van der Waals surface area contributed by atoms with Crippen LogP contribution in [0.4, 0.5) is 0 Å². The summed E-state index contributed by atoms with van der Waals surface area (Å²) in [6.07, 6.45) is 5.99. The summed E-state index contributed by atoms with van der Waals surface area (Å²) in [5, 5.41) is 9.71. The van der Waals surface area contributed by atoms with E-state index in [4.69, 9.17) is 4.42 Å². The SMILES string of the molecule is CN(Cc1nc2ccccc2s1)C(=O)CSc1nnc(C2CCCCC2)o1. The molecule has 6 nitrogen and oxygen atoms in total. The number of fused-ring (bicyclic) bond motifs is 1. The number of hydrogen-bond donors (Lipinski definition) is 0. The lowest BCUT2D eigenvalue weighted by Gasteiger charge is -2.17. The monoisotopic (exact) mass is 402 g/mol. The fraction of sp³-hybridized carbons (Fsp3) is 0.474. The summed E-state index contributed by atoms with van der Waals surface area (Å²) in [5.74, 6) is 1.43. The molecule has 3 aromatic rings. The van der Waals surface area contributed by atoms with Gasteiger partial charge in [0.2, 0.25) is 11.8 Å². The summed E-state index contributed by atoms with van der Waals surface area (Å²) in [6, 6.07) is 8.02. The Labute approximate surface area is 166 Å². The fourth-order valence-corrected chi connectivity index (χ4v) is 5.04. The van der Waals surface area contributed by atoms with Crippen molar-refractivity contribution in [2.45, 2.75) is 49.8 Å². The van der Waals surface area contributed by atoms with Gasteiger partial charge in [-0.05, 0) is 25.0 Å². The number of aromatic nitrogens is 3. The van der Waals surface area contributed by atoms with Crippen molar-refractivity contribution in [2.75, 3.05) is 12.8 Å². The van der Waals surface area contributed by atoms with E-state index in [2.05, 4.69) is 15.2 Å². The Hall–Kier alpha value is -1.93. The Bertz CT molecular complexity index is 884. The largest absolute Gasteiger partial charge is 0.416 e. The quantitative estimate of drug-likeness (QED) is 0.566. The molecule has 4 rings (SSSR count). The van der Waals surface area contributed by atoms with E-state index in [1.54, 1.807) is 23.3 Å². The number of rotatable bonds is 6. The van der Waals surface area contributed by atoms with Crippen LogP contribution in [0.3, 0.4) is 0 Å². The van der Waals surface area contributed by atoms with Crippen LogP contribution >= 0.6 is 23.1 Å². The minimum absolute atomic E-state index is 0.0247. The van der Waals surface area contributed by atoms with E-state index in [9.17, 15) is 4.79 Å². The Balaban J connectivity index is 1.30. The lowest BCUT2D eigenvalue weighted by molar-refractivity contribution is -0.127. The van der Waals surface area contributed by atoms with Crippen molar-refractivity contribution in [2.24, 2.45) is 0 Å². The molecule has 0 N–H and O–H groups in total. The molecular formula is C19H22N4O2S2. The van der Waals surface area contributed by atoms with E-state index in [1.807, 2.05) is 24.3 Å². The first kappa shape index (κ1) is 18.4. The number of carbonyl (C=O) groups excluding carboxylic acids is 1. The molecule has 27 heavy (non-hydrogen) atoms. The molecule has 0 spiro atoms. The number of para-hydroxylation sites is 1. The van der Waals surface area contributed by atoms with Crippen molar-refractivity contribution in [3.63, 3.8) is 0 Å². The summed E-state index contributed by atoms with van der Waals surface area (Å²) in [6.45, 7) is 0.510. The topological polar surface area (TPSA) is 72.1 Å². The van der Waals surface area contributed by atoms with E-state index in [1.165, 1.54) is 31.0 Å². The molecule has 1 aromatic carbocycles. The van der Waals surface area contributed by atoms with Crippen LogP contribution in [0.15, 0.2) is 33.9 Å². The molecule has 0 radical (unpaired) electrons. The molecule has 0 bridgehead atoms. The lowest BCUT2D eigenvalue weighted by Crippen LogP contribution is -2.27. The number of hydrogen-bond acceptors (Lipinski definition) is 7. The number of thiazole rings is 1. The number of thioether (sulfide) groups is 1. The highest BCUT2D eigenvalue weighted by molar-refractivity contribution is 7.99. The van der Waals surface area contributed by atoms with E-state index in [0.29, 0.717) is 17.7 Å². The molecule has 0 unspecified atom stereocenters. The third kappa shape index (κ3) is 4.50. The summed E-state index contributed by atoms with van der Waals surface area (Å²) in [5.41, 5.74) is 0.980. The summed E-state index contributed by atoms with van der Waals surface area (Å²) in [4.78, 5) is 18.7. The van der Waals surface area contributed by atoms with Crippen LogP contribution in [0.2, 0.25) is 0 Å². The fourth-order valence-electron chi connectivity index (χ4n) is 3.31. The van der Waals surface area contributed by atoms with Crippen LogP contribution in [0.25, 0.3) is 10.2 Å². The molecule has 1 amide bonds. The molecule has 1 aliphatic rings. The first-order chi connectivity index (χ1) is 13.2. The van der Waals surface area contributed by atoms with Crippen molar-refractivity contribution in [3.05, 3.63) is 35.2 Å². The average Bonchev–Trinajstić information content (AvgIpc) is 3.33. The van der Waals surface area contributed by atoms with Crippen LogP contribution in [-0.2, 0) is 11.3 Å². The van der Waals surface area contributed by atoms with Crippen molar-refractivity contribution in [1.82, 2.24) is 20.1 Å². The molecule has 8 heteroatoms. The van der Waals surface area contributed by atoms with E-state index < -0.39 is 0 Å². The van der Waals surface area contributed by atoms with Gasteiger partial charge in [0.05, 0.1) is 22.5 Å². The van der Waals surface area contributed by atoms with Gasteiger partial charge in [0.1, 0.15) is 5.01 Å². The maximum atomic E-state index is 12.4. The normalized spacial score (nSPS) is 15.3. The minimum atomic E-state index is 0.0247. The van der Waals surface area contributed by atoms with Gasteiger partial charge in [-0.15, -0.1) is 21.5 Å². The smallest absolute Gasteiger partial charge is 0.277 e. The van der Waals surface area contributed by atoms with Crippen LogP contribution < -0.4 is 0 Å². The van der Waals surface area contributed by atoms with Gasteiger partial charge in [-0.2, -0.15) is 0 Å². The molecule has 2 aromatic heterocycles. The van der Waals surface area contributed by atoms with Crippen LogP contribution in [0.1, 0.15) is 48.9 Å². The standard InChI is InChI=1S/C19H22N4O2S2/c1-23(11-16-20-14-9-5-6-10-15(14)27-16)17(24)12-26-19-22-21-18(25-19)13-7-3-2-4-8-13/h5-6,9-10,13H,2-4,7-8,11-12H2,1H3. The van der Waals surface area contributed by atoms with Gasteiger partial charge in [-0.3, -0.25) is 4.79 Å². The van der Waals surface area contributed by atoms with E-state index in [-0.39, 0.29) is 11.7 Å². The highest BCUT2D eigenvalue weighted by atomic mass is 32.2. The van der Waals surface area contributed by atoms with Gasteiger partial charge in [0, 0.05) is 13.0 Å². The van der Waals surface area contributed by atoms with Crippen molar-refractivity contribution < 1.29 is 9.21 Å². The zero-order valence-electron chi connectivity index (χ0n) is 15.3. The highest BCUT2D eigenvalue weighted by Gasteiger charge is 2.22. The first-order valence-electron chi connectivity index (χ1n) is 9.23. The van der Waals surface area contributed by atoms with Gasteiger partial charge >= 0.3 is 0 Å². The maximum Gasteiger partial charge on any atom is 0.277 e. The second kappa shape index (κ2) is 8.39.